The SMILES string of the molecule is Oc1ccc(C=NNc2nc(-c3ccccc3)cc(-c3ccccc3)n2)cc1. The molecule has 0 aliphatic carbocycles. The predicted octanol–water partition coefficient (Wildman–Crippen LogP) is 4.96. The number of nitrogens with one attached hydrogen (secondary N) is 1. The molecule has 0 aliphatic heterocycles. The number of nitrogens with zero attached hydrogens (tertiary/aromatic N) is 3. The summed E-state index contributed by atoms with van der Waals surface area (Å²) in [5.41, 5.74) is 7.41. The summed E-state index contributed by atoms with van der Waals surface area (Å²) < 4.78 is 0. The van der Waals surface area contributed by atoms with Crippen LogP contribution in [0.5, 0.6) is 5.75 Å². The second kappa shape index (κ2) is 8.14. The second-order valence-corrected chi connectivity index (χ2v) is 6.16. The number of anilines is 1. The summed E-state index contributed by atoms with van der Waals surface area (Å²) in [6.07, 6.45) is 1.65. The smallest absolute Gasteiger partial charge is 0.244 e. The molecule has 0 aliphatic rings. The molecule has 1 aromatic heterocycles. The van der Waals surface area contributed by atoms with Gasteiger partial charge in [0.2, 0.25) is 5.95 Å². The first-order valence-electron chi connectivity index (χ1n) is 8.86. The van der Waals surface area contributed by atoms with Crippen LogP contribution in [-0.4, -0.2) is 21.3 Å². The number of benzene rings is 3. The molecule has 5 nitrogen and oxygen atoms in total. The highest BCUT2D eigenvalue weighted by molar-refractivity contribution is 5.80. The lowest BCUT2D eigenvalue weighted by atomic mass is 10.1. The van der Waals surface area contributed by atoms with Gasteiger partial charge in [-0.3, -0.25) is 0 Å². The van der Waals surface area contributed by atoms with Crippen molar-refractivity contribution in [3.05, 3.63) is 96.6 Å². The molecule has 3 aromatic carbocycles. The molecule has 0 unspecified atom stereocenters. The average molecular weight is 366 g/mol. The van der Waals surface area contributed by atoms with Gasteiger partial charge in [-0.25, -0.2) is 15.4 Å². The summed E-state index contributed by atoms with van der Waals surface area (Å²) >= 11 is 0. The van der Waals surface area contributed by atoms with Crippen molar-refractivity contribution in [3.8, 4) is 28.3 Å². The fraction of sp³-hybridized carbons (Fsp3) is 0. The minimum absolute atomic E-state index is 0.219. The average Bonchev–Trinajstić information content (AvgIpc) is 2.76. The van der Waals surface area contributed by atoms with Gasteiger partial charge in [0, 0.05) is 11.1 Å². The lowest BCUT2D eigenvalue weighted by molar-refractivity contribution is 0.475. The molecule has 1 heterocycles. The van der Waals surface area contributed by atoms with E-state index in [-0.39, 0.29) is 5.75 Å². The number of aromatic hydroxyl groups is 1. The van der Waals surface area contributed by atoms with Gasteiger partial charge in [0.05, 0.1) is 17.6 Å². The molecule has 0 bridgehead atoms. The van der Waals surface area contributed by atoms with Crippen LogP contribution in [0.3, 0.4) is 0 Å². The van der Waals surface area contributed by atoms with Crippen molar-refractivity contribution in [2.75, 3.05) is 5.43 Å². The predicted molar refractivity (Wildman–Crippen MR) is 112 cm³/mol. The van der Waals surface area contributed by atoms with Crippen LogP contribution in [0.2, 0.25) is 0 Å². The van der Waals surface area contributed by atoms with Gasteiger partial charge < -0.3 is 5.11 Å². The van der Waals surface area contributed by atoms with Crippen molar-refractivity contribution in [1.29, 1.82) is 0 Å². The number of phenolic OH excluding ortho intramolecular Hbond substituents is 1. The second-order valence-electron chi connectivity index (χ2n) is 6.16. The van der Waals surface area contributed by atoms with Gasteiger partial charge in [0.1, 0.15) is 5.75 Å². The normalized spacial score (nSPS) is 10.9. The van der Waals surface area contributed by atoms with E-state index in [4.69, 9.17) is 0 Å². The Bertz CT molecular complexity index is 1020. The van der Waals surface area contributed by atoms with Crippen LogP contribution in [0.15, 0.2) is 96.1 Å². The van der Waals surface area contributed by atoms with Gasteiger partial charge in [0.15, 0.2) is 0 Å². The van der Waals surface area contributed by atoms with Gasteiger partial charge in [-0.05, 0) is 35.9 Å². The molecule has 4 rings (SSSR count). The van der Waals surface area contributed by atoms with Gasteiger partial charge in [0.25, 0.3) is 0 Å². The topological polar surface area (TPSA) is 70.4 Å². The molecule has 28 heavy (non-hydrogen) atoms. The Morgan fingerprint density at radius 3 is 1.79 bits per heavy atom. The number of phenols is 1. The van der Waals surface area contributed by atoms with E-state index in [9.17, 15) is 5.11 Å². The molecule has 0 saturated heterocycles. The third-order valence-electron chi connectivity index (χ3n) is 4.14. The zero-order chi connectivity index (χ0) is 19.2. The third kappa shape index (κ3) is 4.22. The fourth-order valence-electron chi connectivity index (χ4n) is 2.74. The Balaban J connectivity index is 1.66. The summed E-state index contributed by atoms with van der Waals surface area (Å²) in [7, 11) is 0. The quantitative estimate of drug-likeness (QED) is 0.387. The molecule has 0 amide bonds. The summed E-state index contributed by atoms with van der Waals surface area (Å²) in [6.45, 7) is 0. The van der Waals surface area contributed by atoms with Crippen LogP contribution >= 0.6 is 0 Å². The molecule has 2 N–H and O–H groups in total. The molecule has 0 saturated carbocycles. The minimum Gasteiger partial charge on any atom is -0.508 e. The van der Waals surface area contributed by atoms with Crippen molar-refractivity contribution < 1.29 is 5.11 Å². The van der Waals surface area contributed by atoms with E-state index in [2.05, 4.69) is 20.5 Å². The minimum atomic E-state index is 0.219. The monoisotopic (exact) mass is 366 g/mol. The molecule has 4 aromatic rings. The van der Waals surface area contributed by atoms with Gasteiger partial charge in [-0.2, -0.15) is 5.10 Å². The third-order valence-corrected chi connectivity index (χ3v) is 4.14. The number of aromatic nitrogens is 2. The maximum atomic E-state index is 9.36. The van der Waals surface area contributed by atoms with Crippen LogP contribution < -0.4 is 5.43 Å². The largest absolute Gasteiger partial charge is 0.508 e. The number of hydrazone groups is 1. The van der Waals surface area contributed by atoms with E-state index in [0.717, 1.165) is 28.1 Å². The number of rotatable bonds is 5. The fourth-order valence-corrected chi connectivity index (χ4v) is 2.74. The first-order chi connectivity index (χ1) is 13.8. The molecule has 0 atom stereocenters. The first-order valence-corrected chi connectivity index (χ1v) is 8.86. The Morgan fingerprint density at radius 1 is 0.714 bits per heavy atom. The van der Waals surface area contributed by atoms with Crippen LogP contribution in [0.1, 0.15) is 5.56 Å². The lowest BCUT2D eigenvalue weighted by Gasteiger charge is -2.08. The molecule has 5 heteroatoms. The highest BCUT2D eigenvalue weighted by atomic mass is 16.3. The van der Waals surface area contributed by atoms with E-state index in [1.807, 2.05) is 66.7 Å². The Labute approximate surface area is 163 Å². The number of hydrogen-bond donors (Lipinski definition) is 2. The van der Waals surface area contributed by atoms with Crippen molar-refractivity contribution in [1.82, 2.24) is 9.97 Å². The highest BCUT2D eigenvalue weighted by Crippen LogP contribution is 2.25. The van der Waals surface area contributed by atoms with Crippen molar-refractivity contribution >= 4 is 12.2 Å². The van der Waals surface area contributed by atoms with Crippen molar-refractivity contribution in [2.45, 2.75) is 0 Å². The van der Waals surface area contributed by atoms with Crippen LogP contribution in [0.25, 0.3) is 22.5 Å². The Hall–Kier alpha value is -3.99. The van der Waals surface area contributed by atoms with Crippen LogP contribution in [0, 0.1) is 0 Å². The van der Waals surface area contributed by atoms with Crippen molar-refractivity contribution in [2.24, 2.45) is 5.10 Å². The first kappa shape index (κ1) is 17.4. The van der Waals surface area contributed by atoms with Crippen LogP contribution in [0.4, 0.5) is 5.95 Å². The summed E-state index contributed by atoms with van der Waals surface area (Å²) in [5.74, 6) is 0.631. The molecular formula is C23H18N4O. The van der Waals surface area contributed by atoms with E-state index in [0.29, 0.717) is 5.95 Å². The standard InChI is InChI=1S/C23H18N4O/c28-20-13-11-17(12-14-20)16-24-27-23-25-21(18-7-3-1-4-8-18)15-22(26-23)19-9-5-2-6-10-19/h1-16,28H,(H,25,26,27). The lowest BCUT2D eigenvalue weighted by Crippen LogP contribution is -2.00. The maximum Gasteiger partial charge on any atom is 0.244 e. The highest BCUT2D eigenvalue weighted by Gasteiger charge is 2.08. The van der Waals surface area contributed by atoms with Gasteiger partial charge >= 0.3 is 0 Å². The maximum absolute atomic E-state index is 9.36. The van der Waals surface area contributed by atoms with Gasteiger partial charge in [-0.1, -0.05) is 60.7 Å². The molecule has 0 radical (unpaired) electrons. The van der Waals surface area contributed by atoms with Gasteiger partial charge in [-0.15, -0.1) is 0 Å². The van der Waals surface area contributed by atoms with E-state index < -0.39 is 0 Å². The Kier molecular flexibility index (Phi) is 5.06. The Morgan fingerprint density at radius 2 is 1.25 bits per heavy atom. The molecular weight excluding hydrogens is 348 g/mol. The zero-order valence-corrected chi connectivity index (χ0v) is 15.0. The molecule has 136 valence electrons. The van der Waals surface area contributed by atoms with E-state index in [1.54, 1.807) is 30.5 Å². The molecule has 0 fully saturated rings. The summed E-state index contributed by atoms with van der Waals surface area (Å²) in [6, 6.07) is 28.7. The van der Waals surface area contributed by atoms with E-state index >= 15 is 0 Å². The van der Waals surface area contributed by atoms with Crippen molar-refractivity contribution in [3.63, 3.8) is 0 Å². The zero-order valence-electron chi connectivity index (χ0n) is 15.0. The van der Waals surface area contributed by atoms with Crippen LogP contribution in [-0.2, 0) is 0 Å². The summed E-state index contributed by atoms with van der Waals surface area (Å²) in [4.78, 5) is 9.20. The molecule has 0 spiro atoms. The number of hydrogen-bond acceptors (Lipinski definition) is 5. The summed E-state index contributed by atoms with van der Waals surface area (Å²) in [5, 5.41) is 13.6. The van der Waals surface area contributed by atoms with E-state index in [1.165, 1.54) is 0 Å².